The van der Waals surface area contributed by atoms with Gasteiger partial charge in [0, 0.05) is 34.4 Å². The van der Waals surface area contributed by atoms with Gasteiger partial charge in [-0.1, -0.05) is 164 Å². The molecule has 0 bridgehead atoms. The minimum atomic E-state index is -0.597. The van der Waals surface area contributed by atoms with Crippen LogP contribution >= 0.6 is 0 Å². The molecule has 0 radical (unpaired) electrons. The quantitative estimate of drug-likeness (QED) is 0.132. The number of aromatic nitrogens is 1. The van der Waals surface area contributed by atoms with E-state index in [1.807, 2.05) is 0 Å². The Morgan fingerprint density at radius 2 is 1.23 bits per heavy atom. The first kappa shape index (κ1) is 37.8. The molecule has 8 aromatic carbocycles. The minimum absolute atomic E-state index is 0.585. The molecule has 2 heteroatoms. The molecule has 2 aliphatic carbocycles. The van der Waals surface area contributed by atoms with Gasteiger partial charge in [-0.3, -0.25) is 0 Å². The molecule has 1 saturated carbocycles. The van der Waals surface area contributed by atoms with E-state index in [1.165, 1.54) is 101 Å². The van der Waals surface area contributed by atoms with E-state index < -0.39 is 5.41 Å². The summed E-state index contributed by atoms with van der Waals surface area (Å²) in [5.74, 6) is 0.585. The second-order valence-corrected chi connectivity index (χ2v) is 17.5. The summed E-state index contributed by atoms with van der Waals surface area (Å²) in [6.07, 6.45) is 4.52. The van der Waals surface area contributed by atoms with Crippen LogP contribution in [0.2, 0.25) is 0 Å². The molecule has 11 rings (SSSR count). The lowest BCUT2D eigenvalue weighted by Crippen LogP contribution is -2.29. The number of anilines is 2. The Bertz CT molecular complexity index is 3280. The maximum atomic E-state index is 4.88. The number of aryl methyl sites for hydroxylation is 3. The predicted octanol–water partition coefficient (Wildman–Crippen LogP) is 15.7. The molecule has 0 N–H and O–H groups in total. The summed E-state index contributed by atoms with van der Waals surface area (Å²) in [4.78, 5) is 2.52. The van der Waals surface area contributed by atoms with Crippen molar-refractivity contribution in [3.63, 3.8) is 0 Å². The van der Waals surface area contributed by atoms with Crippen molar-refractivity contribution < 1.29 is 0 Å². The molecule has 62 heavy (non-hydrogen) atoms. The van der Waals surface area contributed by atoms with Crippen LogP contribution in [0.15, 0.2) is 200 Å². The molecule has 9 aromatic rings. The third-order valence-corrected chi connectivity index (χ3v) is 13.9. The van der Waals surface area contributed by atoms with Crippen molar-refractivity contribution in [3.8, 4) is 11.1 Å². The Balaban J connectivity index is 1.31. The summed E-state index contributed by atoms with van der Waals surface area (Å²) in [7, 11) is 2.19. The van der Waals surface area contributed by atoms with Gasteiger partial charge in [0.1, 0.15) is 0 Å². The van der Waals surface area contributed by atoms with Gasteiger partial charge in [0.05, 0.1) is 22.3 Å². The van der Waals surface area contributed by atoms with Crippen molar-refractivity contribution in [3.05, 3.63) is 245 Å². The average Bonchev–Trinajstić information content (AvgIpc) is 4.07. The van der Waals surface area contributed by atoms with E-state index >= 15 is 0 Å². The van der Waals surface area contributed by atoms with Gasteiger partial charge >= 0.3 is 0 Å². The highest BCUT2D eigenvalue weighted by molar-refractivity contribution is 6.17. The summed E-state index contributed by atoms with van der Waals surface area (Å²) < 4.78 is 2.33. The summed E-state index contributed by atoms with van der Waals surface area (Å²) in [5.41, 5.74) is 20.0. The van der Waals surface area contributed by atoms with Crippen LogP contribution in [0.25, 0.3) is 49.3 Å². The van der Waals surface area contributed by atoms with Gasteiger partial charge in [-0.05, 0) is 136 Å². The molecule has 0 saturated heterocycles. The number of rotatable bonds is 9. The van der Waals surface area contributed by atoms with Crippen LogP contribution in [0.4, 0.5) is 11.4 Å². The van der Waals surface area contributed by atoms with Crippen LogP contribution in [0, 0.1) is 13.8 Å². The second-order valence-electron chi connectivity index (χ2n) is 17.5. The summed E-state index contributed by atoms with van der Waals surface area (Å²) in [6, 6.07) is 63.3. The molecule has 2 aliphatic rings. The fourth-order valence-electron chi connectivity index (χ4n) is 11.1. The standard InChI is InChI=1S/C60H50N2/c1-7-52(41(5)40(4)45-25-14-15-26-46(45)42-33-34-42)62(55-32-20-31-54-59(55)49-29-18-19-30-53(49)61(54)6)56-37-51-58(48-28-17-16-27-47(48)56)57-39(3)35-38(2)36-50(57)60(51,43-21-10-8-11-22-43)44-23-12-9-13-24-44/h7-32,35-37,42H,1,4,33-34H2,2-3,5-6H3/b52-41+. The maximum absolute atomic E-state index is 4.88. The molecule has 0 spiro atoms. The van der Waals surface area contributed by atoms with Gasteiger partial charge in [-0.15, -0.1) is 0 Å². The van der Waals surface area contributed by atoms with E-state index in [0.29, 0.717) is 5.92 Å². The van der Waals surface area contributed by atoms with Crippen molar-refractivity contribution >= 4 is 49.5 Å². The van der Waals surface area contributed by atoms with Crippen LogP contribution in [-0.2, 0) is 12.5 Å². The molecule has 1 aromatic heterocycles. The first-order valence-electron chi connectivity index (χ1n) is 22.0. The largest absolute Gasteiger partial charge is 0.344 e. The lowest BCUT2D eigenvalue weighted by Gasteiger charge is -2.36. The monoisotopic (exact) mass is 798 g/mol. The number of nitrogens with zero attached hydrogens (tertiary/aromatic N) is 2. The zero-order valence-electron chi connectivity index (χ0n) is 36.0. The van der Waals surface area contributed by atoms with Gasteiger partial charge in [0.25, 0.3) is 0 Å². The van der Waals surface area contributed by atoms with Crippen LogP contribution in [0.3, 0.4) is 0 Å². The fraction of sp³-hybridized carbons (Fsp3) is 0.133. The average molecular weight is 799 g/mol. The van der Waals surface area contributed by atoms with E-state index in [-0.39, 0.29) is 0 Å². The van der Waals surface area contributed by atoms with Crippen LogP contribution in [0.5, 0.6) is 0 Å². The first-order chi connectivity index (χ1) is 30.3. The number of fused-ring (bicyclic) bond motifs is 8. The molecule has 0 atom stereocenters. The Labute approximate surface area is 365 Å². The second kappa shape index (κ2) is 14.5. The summed E-state index contributed by atoms with van der Waals surface area (Å²) >= 11 is 0. The van der Waals surface area contributed by atoms with E-state index in [0.717, 1.165) is 28.2 Å². The molecule has 1 fully saturated rings. The SMILES string of the molecule is C=C/C(=C(/C)C(=C)c1ccccc1C1CC1)N(c1cc2c(c3ccccc13)-c1c(C)cc(C)cc1C2(c1ccccc1)c1ccccc1)c1cccc2c1c1ccccc1n2C. The van der Waals surface area contributed by atoms with Crippen molar-refractivity contribution in [1.29, 1.82) is 0 Å². The van der Waals surface area contributed by atoms with E-state index in [4.69, 9.17) is 6.58 Å². The number of benzene rings is 8. The van der Waals surface area contributed by atoms with Crippen molar-refractivity contribution in [2.45, 2.75) is 44.9 Å². The van der Waals surface area contributed by atoms with Gasteiger partial charge in [0.15, 0.2) is 0 Å². The molecule has 300 valence electrons. The molecule has 0 aliphatic heterocycles. The highest BCUT2D eigenvalue weighted by Crippen LogP contribution is 2.61. The highest BCUT2D eigenvalue weighted by atomic mass is 15.2. The lowest BCUT2D eigenvalue weighted by atomic mass is 9.67. The summed E-state index contributed by atoms with van der Waals surface area (Å²) in [6.45, 7) is 16.3. The topological polar surface area (TPSA) is 8.17 Å². The fourth-order valence-corrected chi connectivity index (χ4v) is 11.1. The van der Waals surface area contributed by atoms with Crippen LogP contribution < -0.4 is 4.90 Å². The van der Waals surface area contributed by atoms with E-state index in [9.17, 15) is 0 Å². The molecule has 1 heterocycles. The number of allylic oxidation sites excluding steroid dienone is 3. The van der Waals surface area contributed by atoms with E-state index in [1.54, 1.807) is 0 Å². The lowest BCUT2D eigenvalue weighted by molar-refractivity contribution is 0.767. The number of hydrogen-bond donors (Lipinski definition) is 0. The normalized spacial score (nSPS) is 14.5. The summed E-state index contributed by atoms with van der Waals surface area (Å²) in [5, 5.41) is 4.84. The van der Waals surface area contributed by atoms with E-state index in [2.05, 4.69) is 220 Å². The Hall–Kier alpha value is -7.16. The van der Waals surface area contributed by atoms with Gasteiger partial charge in [-0.2, -0.15) is 0 Å². The predicted molar refractivity (Wildman–Crippen MR) is 264 cm³/mol. The third-order valence-electron chi connectivity index (χ3n) is 13.9. The maximum Gasteiger partial charge on any atom is 0.0714 e. The molecule has 2 nitrogen and oxygen atoms in total. The molecule has 0 unspecified atom stereocenters. The third kappa shape index (κ3) is 5.49. The zero-order valence-corrected chi connectivity index (χ0v) is 36.0. The number of para-hydroxylation sites is 1. The van der Waals surface area contributed by atoms with Crippen molar-refractivity contribution in [2.75, 3.05) is 4.90 Å². The van der Waals surface area contributed by atoms with Crippen molar-refractivity contribution in [2.24, 2.45) is 7.05 Å². The Kier molecular flexibility index (Phi) is 8.84. The number of hydrogen-bond acceptors (Lipinski definition) is 1. The highest BCUT2D eigenvalue weighted by Gasteiger charge is 2.48. The smallest absolute Gasteiger partial charge is 0.0714 e. The Morgan fingerprint density at radius 3 is 1.92 bits per heavy atom. The minimum Gasteiger partial charge on any atom is -0.344 e. The first-order valence-corrected chi connectivity index (χ1v) is 22.0. The van der Waals surface area contributed by atoms with Gasteiger partial charge in [0.2, 0.25) is 0 Å². The van der Waals surface area contributed by atoms with Gasteiger partial charge in [-0.25, -0.2) is 0 Å². The van der Waals surface area contributed by atoms with Gasteiger partial charge < -0.3 is 9.47 Å². The zero-order chi connectivity index (χ0) is 42.3. The van der Waals surface area contributed by atoms with Crippen LogP contribution in [0.1, 0.15) is 70.2 Å². The van der Waals surface area contributed by atoms with Crippen molar-refractivity contribution in [1.82, 2.24) is 4.57 Å². The molecule has 0 amide bonds. The van der Waals surface area contributed by atoms with Crippen LogP contribution in [-0.4, -0.2) is 4.57 Å². The molecular formula is C60H50N2. The Morgan fingerprint density at radius 1 is 0.629 bits per heavy atom. The molecular weight excluding hydrogens is 749 g/mol.